The van der Waals surface area contributed by atoms with Crippen molar-refractivity contribution in [3.05, 3.63) is 40.3 Å². The molecule has 0 atom stereocenters. The fourth-order valence-corrected chi connectivity index (χ4v) is 3.30. The van der Waals surface area contributed by atoms with Crippen LogP contribution in [0.4, 0.5) is 10.9 Å². The van der Waals surface area contributed by atoms with Crippen LogP contribution in [0.3, 0.4) is 0 Å². The Morgan fingerprint density at radius 3 is 2.95 bits per heavy atom. The lowest BCUT2D eigenvalue weighted by molar-refractivity contribution is 0.0532. The summed E-state index contributed by atoms with van der Waals surface area (Å²) in [5, 5.41) is 0.395. The van der Waals surface area contributed by atoms with Crippen molar-refractivity contribution in [3.63, 3.8) is 0 Å². The van der Waals surface area contributed by atoms with Crippen LogP contribution in [0.15, 0.2) is 24.3 Å². The Hall–Kier alpha value is -2.08. The zero-order valence-electron chi connectivity index (χ0n) is 11.8. The van der Waals surface area contributed by atoms with Crippen LogP contribution in [0, 0.1) is 0 Å². The lowest BCUT2D eigenvalue weighted by Gasteiger charge is -2.29. The normalized spacial score (nSPS) is 13.9. The quantitative estimate of drug-likeness (QED) is 0.882. The van der Waals surface area contributed by atoms with Crippen molar-refractivity contribution in [2.24, 2.45) is 0 Å². The number of ether oxygens (including phenoxy) is 1. The number of hydrogen-bond donors (Lipinski definition) is 1. The molecular formula is C15H17N3O2S. The highest BCUT2D eigenvalue weighted by Gasteiger charge is 2.25. The first kappa shape index (κ1) is 13.9. The number of nitrogens with two attached hydrogens (primary N) is 1. The van der Waals surface area contributed by atoms with Crippen molar-refractivity contribution in [1.29, 1.82) is 0 Å². The first-order valence-corrected chi connectivity index (χ1v) is 7.76. The molecule has 0 saturated heterocycles. The minimum atomic E-state index is -0.347. The molecule has 5 nitrogen and oxygen atoms in total. The molecule has 0 saturated carbocycles. The van der Waals surface area contributed by atoms with E-state index in [4.69, 9.17) is 10.5 Å². The third kappa shape index (κ3) is 2.71. The minimum absolute atomic E-state index is 0.346. The van der Waals surface area contributed by atoms with Crippen LogP contribution in [0.25, 0.3) is 0 Å². The lowest BCUT2D eigenvalue weighted by atomic mass is 10.00. The van der Waals surface area contributed by atoms with Crippen molar-refractivity contribution in [1.82, 2.24) is 4.98 Å². The number of benzene rings is 1. The Bertz CT molecular complexity index is 669. The average molecular weight is 303 g/mol. The molecule has 1 aromatic carbocycles. The summed E-state index contributed by atoms with van der Waals surface area (Å²) in [6.45, 7) is 3.70. The van der Waals surface area contributed by atoms with Crippen LogP contribution >= 0.6 is 11.3 Å². The van der Waals surface area contributed by atoms with Gasteiger partial charge < -0.3 is 15.4 Å². The van der Waals surface area contributed by atoms with E-state index in [9.17, 15) is 4.79 Å². The van der Waals surface area contributed by atoms with Gasteiger partial charge in [-0.3, -0.25) is 0 Å². The van der Waals surface area contributed by atoms with Gasteiger partial charge >= 0.3 is 5.97 Å². The Labute approximate surface area is 127 Å². The van der Waals surface area contributed by atoms with Crippen LogP contribution in [0.5, 0.6) is 0 Å². The van der Waals surface area contributed by atoms with E-state index >= 15 is 0 Å². The molecular weight excluding hydrogens is 286 g/mol. The number of rotatable bonds is 3. The highest BCUT2D eigenvalue weighted by atomic mass is 32.1. The molecule has 0 spiro atoms. The van der Waals surface area contributed by atoms with Gasteiger partial charge in [0.1, 0.15) is 0 Å². The van der Waals surface area contributed by atoms with Gasteiger partial charge in [-0.1, -0.05) is 35.6 Å². The fourth-order valence-electron chi connectivity index (χ4n) is 2.55. The Morgan fingerprint density at radius 1 is 1.43 bits per heavy atom. The molecule has 1 aliphatic heterocycles. The molecule has 2 aromatic rings. The maximum Gasteiger partial charge on any atom is 0.352 e. The van der Waals surface area contributed by atoms with Crippen molar-refractivity contribution >= 4 is 28.3 Å². The molecule has 0 aliphatic carbocycles. The number of nitrogens with zero attached hydrogens (tertiary/aromatic N) is 2. The maximum absolute atomic E-state index is 12.0. The van der Waals surface area contributed by atoms with Gasteiger partial charge in [0.2, 0.25) is 0 Å². The van der Waals surface area contributed by atoms with E-state index in [0.29, 0.717) is 22.4 Å². The number of thiazole rings is 1. The van der Waals surface area contributed by atoms with Gasteiger partial charge in [-0.05, 0) is 24.5 Å². The molecule has 110 valence electrons. The second kappa shape index (κ2) is 5.73. The van der Waals surface area contributed by atoms with Gasteiger partial charge in [0.25, 0.3) is 0 Å². The molecule has 1 aliphatic rings. The van der Waals surface area contributed by atoms with Crippen LogP contribution in [-0.2, 0) is 17.7 Å². The number of aromatic nitrogens is 1. The number of carbonyl (C=O) groups is 1. The third-order valence-electron chi connectivity index (χ3n) is 3.52. The van der Waals surface area contributed by atoms with Crippen molar-refractivity contribution in [2.75, 3.05) is 23.8 Å². The Balaban J connectivity index is 1.90. The summed E-state index contributed by atoms with van der Waals surface area (Å²) >= 11 is 1.19. The predicted molar refractivity (Wildman–Crippen MR) is 83.7 cm³/mol. The molecule has 0 amide bonds. The summed E-state index contributed by atoms with van der Waals surface area (Å²) in [6.07, 6.45) is 0.940. The number of carbonyl (C=O) groups excluding carboxylic acids is 1. The average Bonchev–Trinajstić information content (AvgIpc) is 2.89. The second-order valence-corrected chi connectivity index (χ2v) is 5.90. The van der Waals surface area contributed by atoms with Gasteiger partial charge in [0, 0.05) is 13.1 Å². The molecule has 3 rings (SSSR count). The zero-order chi connectivity index (χ0) is 14.8. The lowest BCUT2D eigenvalue weighted by Crippen LogP contribution is -2.31. The van der Waals surface area contributed by atoms with Crippen molar-refractivity contribution < 1.29 is 9.53 Å². The van der Waals surface area contributed by atoms with E-state index in [0.717, 1.165) is 19.5 Å². The van der Waals surface area contributed by atoms with E-state index < -0.39 is 0 Å². The van der Waals surface area contributed by atoms with E-state index in [1.807, 2.05) is 6.07 Å². The predicted octanol–water partition coefficient (Wildman–Crippen LogP) is 2.46. The standard InChI is InChI=1S/C15H17N3O2S/c1-2-20-14(19)12-13(17-15(16)21-12)18-8-7-10-5-3-4-6-11(10)9-18/h3-6H,2,7-9H2,1H3,(H2,16,17). The van der Waals surface area contributed by atoms with Gasteiger partial charge in [-0.2, -0.15) is 0 Å². The maximum atomic E-state index is 12.0. The highest BCUT2D eigenvalue weighted by Crippen LogP contribution is 2.32. The summed E-state index contributed by atoms with van der Waals surface area (Å²) < 4.78 is 5.09. The number of esters is 1. The Morgan fingerprint density at radius 2 is 2.19 bits per heavy atom. The number of fused-ring (bicyclic) bond motifs is 1. The van der Waals surface area contributed by atoms with Crippen LogP contribution in [-0.4, -0.2) is 24.1 Å². The smallest absolute Gasteiger partial charge is 0.352 e. The summed E-state index contributed by atoms with van der Waals surface area (Å²) in [7, 11) is 0. The minimum Gasteiger partial charge on any atom is -0.462 e. The molecule has 6 heteroatoms. The zero-order valence-corrected chi connectivity index (χ0v) is 12.7. The third-order valence-corrected chi connectivity index (χ3v) is 4.37. The second-order valence-electron chi connectivity index (χ2n) is 4.87. The summed E-state index contributed by atoms with van der Waals surface area (Å²) in [5.41, 5.74) is 8.41. The summed E-state index contributed by atoms with van der Waals surface area (Å²) in [4.78, 5) is 19.0. The van der Waals surface area contributed by atoms with Gasteiger partial charge in [0.05, 0.1) is 6.61 Å². The van der Waals surface area contributed by atoms with Gasteiger partial charge in [-0.25, -0.2) is 9.78 Å². The molecule has 21 heavy (non-hydrogen) atoms. The van der Waals surface area contributed by atoms with Crippen molar-refractivity contribution in [3.8, 4) is 0 Å². The Kier molecular flexibility index (Phi) is 3.79. The van der Waals surface area contributed by atoms with Crippen LogP contribution in [0.1, 0.15) is 27.7 Å². The molecule has 0 bridgehead atoms. The number of nitrogen functional groups attached to an aromatic ring is 1. The van der Waals surface area contributed by atoms with Gasteiger partial charge in [-0.15, -0.1) is 0 Å². The van der Waals surface area contributed by atoms with Crippen molar-refractivity contribution in [2.45, 2.75) is 19.9 Å². The van der Waals surface area contributed by atoms with E-state index in [1.165, 1.54) is 22.5 Å². The van der Waals surface area contributed by atoms with E-state index in [-0.39, 0.29) is 5.97 Å². The number of hydrogen-bond acceptors (Lipinski definition) is 6. The first-order chi connectivity index (χ1) is 10.2. The molecule has 2 N–H and O–H groups in total. The van der Waals surface area contributed by atoms with E-state index in [2.05, 4.69) is 28.1 Å². The summed E-state index contributed by atoms with van der Waals surface area (Å²) in [5.74, 6) is 0.297. The van der Waals surface area contributed by atoms with Crippen LogP contribution < -0.4 is 10.6 Å². The molecule has 2 heterocycles. The molecule has 0 radical (unpaired) electrons. The summed E-state index contributed by atoms with van der Waals surface area (Å²) in [6, 6.07) is 8.35. The highest BCUT2D eigenvalue weighted by molar-refractivity contribution is 7.17. The number of anilines is 2. The molecule has 0 fully saturated rings. The SMILES string of the molecule is CCOC(=O)c1sc(N)nc1N1CCc2ccccc2C1. The van der Waals surface area contributed by atoms with E-state index in [1.54, 1.807) is 6.92 Å². The first-order valence-electron chi connectivity index (χ1n) is 6.94. The monoisotopic (exact) mass is 303 g/mol. The molecule has 1 aromatic heterocycles. The van der Waals surface area contributed by atoms with Crippen LogP contribution in [0.2, 0.25) is 0 Å². The topological polar surface area (TPSA) is 68.5 Å². The largest absolute Gasteiger partial charge is 0.462 e. The fraction of sp³-hybridized carbons (Fsp3) is 0.333. The van der Waals surface area contributed by atoms with Gasteiger partial charge in [0.15, 0.2) is 15.8 Å². The molecule has 0 unspecified atom stereocenters.